The number of nitrogens with two attached hydrogens (primary N) is 1. The summed E-state index contributed by atoms with van der Waals surface area (Å²) in [6.07, 6.45) is 1.57. The molecule has 0 saturated heterocycles. The average Bonchev–Trinajstić information content (AvgIpc) is 2.23. The summed E-state index contributed by atoms with van der Waals surface area (Å²) < 4.78 is 15.2. The van der Waals surface area contributed by atoms with Gasteiger partial charge < -0.3 is 10.3 Å². The highest BCUT2D eigenvalue weighted by Gasteiger charge is 2.06. The van der Waals surface area contributed by atoms with Crippen molar-refractivity contribution in [2.24, 2.45) is 5.73 Å². The quantitative estimate of drug-likeness (QED) is 0.799. The van der Waals surface area contributed by atoms with Gasteiger partial charge in [0.15, 0.2) is 5.43 Å². The Bertz CT molecular complexity index is 548. The molecular weight excluding hydrogens is 195 g/mol. The van der Waals surface area contributed by atoms with Gasteiger partial charge in [0.1, 0.15) is 5.82 Å². The van der Waals surface area contributed by atoms with Gasteiger partial charge in [-0.3, -0.25) is 4.79 Å². The number of halogens is 1. The van der Waals surface area contributed by atoms with Crippen LogP contribution in [-0.2, 0) is 6.54 Å². The van der Waals surface area contributed by atoms with Crippen LogP contribution in [-0.4, -0.2) is 11.1 Å². The molecule has 0 amide bonds. The van der Waals surface area contributed by atoms with E-state index in [1.165, 1.54) is 18.2 Å². The molecule has 0 atom stereocenters. The summed E-state index contributed by atoms with van der Waals surface area (Å²) in [6, 6.07) is 5.92. The van der Waals surface area contributed by atoms with E-state index in [-0.39, 0.29) is 5.43 Å². The monoisotopic (exact) mass is 206 g/mol. The molecule has 0 aliphatic carbocycles. The van der Waals surface area contributed by atoms with Gasteiger partial charge in [-0.2, -0.15) is 0 Å². The first-order valence-electron chi connectivity index (χ1n) is 4.72. The summed E-state index contributed by atoms with van der Waals surface area (Å²) >= 11 is 0. The number of benzene rings is 1. The number of para-hydroxylation sites is 1. The van der Waals surface area contributed by atoms with Crippen LogP contribution in [0.15, 0.2) is 35.3 Å². The van der Waals surface area contributed by atoms with E-state index in [0.717, 1.165) is 0 Å². The Labute approximate surface area is 85.9 Å². The van der Waals surface area contributed by atoms with E-state index in [1.807, 2.05) is 0 Å². The number of hydrogen-bond donors (Lipinski definition) is 1. The minimum Gasteiger partial charge on any atom is -0.344 e. The van der Waals surface area contributed by atoms with Gasteiger partial charge in [-0.15, -0.1) is 0 Å². The summed E-state index contributed by atoms with van der Waals surface area (Å²) in [7, 11) is 0. The zero-order valence-corrected chi connectivity index (χ0v) is 8.11. The minimum absolute atomic E-state index is 0.169. The van der Waals surface area contributed by atoms with E-state index in [4.69, 9.17) is 5.73 Å². The molecule has 4 heteroatoms. The molecular formula is C11H11FN2O. The highest BCUT2D eigenvalue weighted by molar-refractivity contribution is 5.79. The third-order valence-electron chi connectivity index (χ3n) is 2.32. The Balaban J connectivity index is 2.84. The zero-order valence-electron chi connectivity index (χ0n) is 8.11. The Morgan fingerprint density at radius 3 is 2.87 bits per heavy atom. The van der Waals surface area contributed by atoms with E-state index < -0.39 is 5.82 Å². The van der Waals surface area contributed by atoms with Gasteiger partial charge in [-0.05, 0) is 12.1 Å². The SMILES string of the molecule is NCCn1ccc(=O)c2cccc(F)c21. The smallest absolute Gasteiger partial charge is 0.189 e. The Morgan fingerprint density at radius 2 is 2.13 bits per heavy atom. The highest BCUT2D eigenvalue weighted by Crippen LogP contribution is 2.13. The van der Waals surface area contributed by atoms with Crippen molar-refractivity contribution in [3.05, 3.63) is 46.5 Å². The van der Waals surface area contributed by atoms with Crippen molar-refractivity contribution < 1.29 is 4.39 Å². The minimum atomic E-state index is -0.390. The largest absolute Gasteiger partial charge is 0.344 e. The Morgan fingerprint density at radius 1 is 1.33 bits per heavy atom. The molecule has 1 aromatic carbocycles. The van der Waals surface area contributed by atoms with Crippen LogP contribution in [0.4, 0.5) is 4.39 Å². The molecule has 0 saturated carbocycles. The molecule has 0 bridgehead atoms. The third kappa shape index (κ3) is 1.64. The van der Waals surface area contributed by atoms with Crippen LogP contribution < -0.4 is 11.2 Å². The van der Waals surface area contributed by atoms with Crippen LogP contribution in [0.3, 0.4) is 0 Å². The molecule has 0 fully saturated rings. The lowest BCUT2D eigenvalue weighted by molar-refractivity contribution is 0.620. The number of nitrogens with zero attached hydrogens (tertiary/aromatic N) is 1. The molecule has 0 aliphatic heterocycles. The van der Waals surface area contributed by atoms with E-state index in [1.54, 1.807) is 16.8 Å². The molecule has 0 spiro atoms. The molecule has 2 aromatic rings. The number of aromatic nitrogens is 1. The zero-order chi connectivity index (χ0) is 10.8. The maximum atomic E-state index is 13.5. The molecule has 0 radical (unpaired) electrons. The first-order chi connectivity index (χ1) is 7.24. The molecule has 1 heterocycles. The Kier molecular flexibility index (Phi) is 2.51. The van der Waals surface area contributed by atoms with Crippen molar-refractivity contribution in [1.82, 2.24) is 4.57 Å². The second-order valence-electron chi connectivity index (χ2n) is 3.30. The van der Waals surface area contributed by atoms with Crippen molar-refractivity contribution >= 4 is 10.9 Å². The van der Waals surface area contributed by atoms with Crippen LogP contribution in [0, 0.1) is 5.82 Å². The molecule has 15 heavy (non-hydrogen) atoms. The van der Waals surface area contributed by atoms with Crippen molar-refractivity contribution in [3.63, 3.8) is 0 Å². The van der Waals surface area contributed by atoms with Gasteiger partial charge in [-0.1, -0.05) is 6.07 Å². The summed E-state index contributed by atoms with van der Waals surface area (Å²) in [5, 5.41) is 0.394. The van der Waals surface area contributed by atoms with Crippen LogP contribution in [0.2, 0.25) is 0 Å². The summed E-state index contributed by atoms with van der Waals surface area (Å²) in [5.41, 5.74) is 5.58. The van der Waals surface area contributed by atoms with Gasteiger partial charge in [0.25, 0.3) is 0 Å². The lowest BCUT2D eigenvalue weighted by Gasteiger charge is -2.09. The van der Waals surface area contributed by atoms with E-state index in [9.17, 15) is 9.18 Å². The summed E-state index contributed by atoms with van der Waals surface area (Å²) in [5.74, 6) is -0.390. The van der Waals surface area contributed by atoms with E-state index in [0.29, 0.717) is 24.0 Å². The van der Waals surface area contributed by atoms with Crippen molar-refractivity contribution in [2.75, 3.05) is 6.54 Å². The van der Waals surface area contributed by atoms with Crippen LogP contribution in [0.1, 0.15) is 0 Å². The predicted molar refractivity (Wildman–Crippen MR) is 57.2 cm³/mol. The average molecular weight is 206 g/mol. The van der Waals surface area contributed by atoms with Gasteiger partial charge in [-0.25, -0.2) is 4.39 Å². The molecule has 0 unspecified atom stereocenters. The molecule has 78 valence electrons. The number of rotatable bonds is 2. The molecule has 2 N–H and O–H groups in total. The topological polar surface area (TPSA) is 48.0 Å². The number of pyridine rings is 1. The summed E-state index contributed by atoms with van der Waals surface area (Å²) in [4.78, 5) is 11.5. The fraction of sp³-hybridized carbons (Fsp3) is 0.182. The second-order valence-corrected chi connectivity index (χ2v) is 3.30. The standard InChI is InChI=1S/C11H11FN2O/c12-9-3-1-2-8-10(15)4-6-14(7-5-13)11(8)9/h1-4,6H,5,7,13H2. The van der Waals surface area contributed by atoms with Gasteiger partial charge in [0.2, 0.25) is 0 Å². The first-order valence-corrected chi connectivity index (χ1v) is 4.72. The fourth-order valence-electron chi connectivity index (χ4n) is 1.65. The number of fused-ring (bicyclic) bond motifs is 1. The van der Waals surface area contributed by atoms with Crippen LogP contribution in [0.25, 0.3) is 10.9 Å². The second kappa shape index (κ2) is 3.82. The normalized spacial score (nSPS) is 10.8. The molecule has 1 aromatic heterocycles. The van der Waals surface area contributed by atoms with Crippen molar-refractivity contribution in [1.29, 1.82) is 0 Å². The van der Waals surface area contributed by atoms with Crippen molar-refractivity contribution in [2.45, 2.75) is 6.54 Å². The molecule has 3 nitrogen and oxygen atoms in total. The third-order valence-corrected chi connectivity index (χ3v) is 2.32. The fourth-order valence-corrected chi connectivity index (χ4v) is 1.65. The van der Waals surface area contributed by atoms with E-state index >= 15 is 0 Å². The van der Waals surface area contributed by atoms with Gasteiger partial charge in [0, 0.05) is 30.7 Å². The maximum absolute atomic E-state index is 13.5. The highest BCUT2D eigenvalue weighted by atomic mass is 19.1. The predicted octanol–water partition coefficient (Wildman–Crippen LogP) is 1.10. The molecule has 0 aliphatic rings. The van der Waals surface area contributed by atoms with E-state index in [2.05, 4.69) is 0 Å². The first kappa shape index (κ1) is 9.86. The lowest BCUT2D eigenvalue weighted by atomic mass is 10.2. The Hall–Kier alpha value is -1.68. The maximum Gasteiger partial charge on any atom is 0.189 e. The number of hydrogen-bond acceptors (Lipinski definition) is 2. The van der Waals surface area contributed by atoms with Gasteiger partial charge >= 0.3 is 0 Å². The molecule has 2 rings (SSSR count). The summed E-state index contributed by atoms with van der Waals surface area (Å²) in [6.45, 7) is 0.907. The van der Waals surface area contributed by atoms with Crippen molar-refractivity contribution in [3.8, 4) is 0 Å². The lowest BCUT2D eigenvalue weighted by Crippen LogP contribution is -2.14. The van der Waals surface area contributed by atoms with Gasteiger partial charge in [0.05, 0.1) is 5.52 Å². The van der Waals surface area contributed by atoms with Crippen LogP contribution >= 0.6 is 0 Å². The van der Waals surface area contributed by atoms with Crippen LogP contribution in [0.5, 0.6) is 0 Å².